The van der Waals surface area contributed by atoms with E-state index in [1.54, 1.807) is 14.2 Å². The van der Waals surface area contributed by atoms with Crippen molar-refractivity contribution in [3.8, 4) is 11.5 Å². The first-order valence-electron chi connectivity index (χ1n) is 12.7. The van der Waals surface area contributed by atoms with E-state index in [0.717, 1.165) is 32.2 Å². The molecular weight excluding hydrogens is 592 g/mol. The fourth-order valence-electron chi connectivity index (χ4n) is 5.49. The highest BCUT2D eigenvalue weighted by molar-refractivity contribution is 8.00. The second-order valence-corrected chi connectivity index (χ2v) is 11.1. The van der Waals surface area contributed by atoms with E-state index >= 15 is 0 Å². The van der Waals surface area contributed by atoms with Crippen LogP contribution in [0.4, 0.5) is 36.8 Å². The van der Waals surface area contributed by atoms with Gasteiger partial charge in [0.1, 0.15) is 0 Å². The Hall–Kier alpha value is -3.33. The van der Waals surface area contributed by atoms with Crippen LogP contribution in [0, 0.1) is 0 Å². The maximum Gasteiger partial charge on any atom is 0.490 e. The van der Waals surface area contributed by atoms with Gasteiger partial charge in [-0.25, -0.2) is 9.59 Å². The molecule has 2 fully saturated rings. The molecule has 1 aliphatic carbocycles. The summed E-state index contributed by atoms with van der Waals surface area (Å²) in [5.74, 6) is -1.34. The minimum atomic E-state index is -5.08. The second-order valence-electron chi connectivity index (χ2n) is 9.92. The number of likely N-dealkylation sites (tertiary alicyclic amines) is 1. The zero-order valence-corrected chi connectivity index (χ0v) is 23.8. The average Bonchev–Trinajstić information content (AvgIpc) is 3.25. The van der Waals surface area contributed by atoms with Gasteiger partial charge in [0.05, 0.1) is 14.2 Å². The van der Waals surface area contributed by atoms with E-state index in [-0.39, 0.29) is 40.2 Å². The van der Waals surface area contributed by atoms with Crippen molar-refractivity contribution in [3.63, 3.8) is 0 Å². The van der Waals surface area contributed by atoms with Gasteiger partial charge < -0.3 is 30.1 Å². The Bertz CT molecular complexity index is 1240. The fraction of sp³-hybridized carbons (Fsp3) is 0.481. The van der Waals surface area contributed by atoms with Crippen molar-refractivity contribution in [1.82, 2.24) is 10.2 Å². The van der Waals surface area contributed by atoms with Gasteiger partial charge in [-0.3, -0.25) is 0 Å². The predicted octanol–water partition coefficient (Wildman–Crippen LogP) is 6.27. The molecule has 42 heavy (non-hydrogen) atoms. The lowest BCUT2D eigenvalue weighted by Crippen LogP contribution is -2.52. The number of amides is 2. The molecule has 1 saturated carbocycles. The molecule has 2 aromatic carbocycles. The molecule has 0 radical (unpaired) electrons. The summed E-state index contributed by atoms with van der Waals surface area (Å²) in [6.07, 6.45) is -1.50. The third-order valence-corrected chi connectivity index (χ3v) is 8.15. The molecule has 2 amide bonds. The number of methoxy groups -OCH3 is 2. The highest BCUT2D eigenvalue weighted by atomic mass is 32.2. The van der Waals surface area contributed by atoms with E-state index in [2.05, 4.69) is 34.7 Å². The van der Waals surface area contributed by atoms with Crippen LogP contribution in [-0.4, -0.2) is 73.6 Å². The molecule has 0 bridgehead atoms. The second kappa shape index (κ2) is 13.3. The smallest absolute Gasteiger partial charge is 0.490 e. The molecule has 0 spiro atoms. The van der Waals surface area contributed by atoms with E-state index in [0.29, 0.717) is 17.2 Å². The molecule has 0 aromatic heterocycles. The SMILES string of the molecule is COc1ccc(C23CCC(NC(=O)Nc4ccc(SC(F)(F)F)cc4)CC2N(C)CC3)cc1OC.O=C(O)C(F)(F)F. The summed E-state index contributed by atoms with van der Waals surface area (Å²) in [6.45, 7) is 0.972. The van der Waals surface area contributed by atoms with Crippen molar-refractivity contribution >= 4 is 29.4 Å². The summed E-state index contributed by atoms with van der Waals surface area (Å²) < 4.78 is 80.2. The van der Waals surface area contributed by atoms with Crippen LogP contribution in [0.25, 0.3) is 0 Å². The summed E-state index contributed by atoms with van der Waals surface area (Å²) >= 11 is -0.180. The molecule has 15 heteroatoms. The van der Waals surface area contributed by atoms with Gasteiger partial charge in [-0.15, -0.1) is 0 Å². The van der Waals surface area contributed by atoms with Crippen LogP contribution in [0.3, 0.4) is 0 Å². The molecule has 3 atom stereocenters. The molecule has 1 saturated heterocycles. The van der Waals surface area contributed by atoms with E-state index in [4.69, 9.17) is 19.4 Å². The van der Waals surface area contributed by atoms with Crippen molar-refractivity contribution in [2.45, 2.75) is 59.8 Å². The zero-order valence-electron chi connectivity index (χ0n) is 22.9. The number of carboxylic acid groups (broad SMARTS) is 1. The molecule has 1 aliphatic heterocycles. The summed E-state index contributed by atoms with van der Waals surface area (Å²) in [4.78, 5) is 24.0. The molecule has 3 unspecified atom stereocenters. The van der Waals surface area contributed by atoms with Gasteiger partial charge in [-0.05, 0) is 93.0 Å². The molecule has 2 aromatic rings. The summed E-state index contributed by atoms with van der Waals surface area (Å²) in [7, 11) is 5.38. The Morgan fingerprint density at radius 1 is 1.00 bits per heavy atom. The lowest BCUT2D eigenvalue weighted by Gasteiger charge is -2.45. The van der Waals surface area contributed by atoms with Crippen LogP contribution in [0.2, 0.25) is 0 Å². The third-order valence-electron chi connectivity index (χ3n) is 7.41. The van der Waals surface area contributed by atoms with E-state index < -0.39 is 17.7 Å². The van der Waals surface area contributed by atoms with Gasteiger partial charge in [-0.2, -0.15) is 26.3 Å². The molecule has 4 rings (SSSR count). The summed E-state index contributed by atoms with van der Waals surface area (Å²) in [5.41, 5.74) is -2.69. The molecule has 232 valence electrons. The van der Waals surface area contributed by atoms with Gasteiger partial charge in [0, 0.05) is 28.1 Å². The molecule has 3 N–H and O–H groups in total. The number of hydrogen-bond donors (Lipinski definition) is 3. The number of halogens is 6. The number of nitrogens with zero attached hydrogens (tertiary/aromatic N) is 1. The van der Waals surface area contributed by atoms with Crippen molar-refractivity contribution in [2.75, 3.05) is 33.1 Å². The first kappa shape index (κ1) is 33.2. The van der Waals surface area contributed by atoms with Crippen LogP contribution >= 0.6 is 11.8 Å². The maximum absolute atomic E-state index is 12.6. The number of benzene rings is 2. The minimum absolute atomic E-state index is 0.00567. The lowest BCUT2D eigenvalue weighted by atomic mass is 9.65. The number of thioether (sulfide) groups is 1. The van der Waals surface area contributed by atoms with Gasteiger partial charge in [-0.1, -0.05) is 6.07 Å². The molecule has 1 heterocycles. The van der Waals surface area contributed by atoms with Crippen LogP contribution in [0.15, 0.2) is 47.4 Å². The Labute approximate surface area is 242 Å². The number of carbonyl (C=O) groups excluding carboxylic acids is 1. The highest BCUT2D eigenvalue weighted by Crippen LogP contribution is 2.50. The number of carbonyl (C=O) groups is 2. The number of aliphatic carboxylic acids is 1. The third kappa shape index (κ3) is 8.37. The Morgan fingerprint density at radius 2 is 1.62 bits per heavy atom. The Kier molecular flexibility index (Phi) is 10.5. The minimum Gasteiger partial charge on any atom is -0.493 e. The Balaban J connectivity index is 0.000000616. The number of urea groups is 1. The quantitative estimate of drug-likeness (QED) is 0.258. The number of alkyl halides is 6. The number of rotatable bonds is 6. The predicted molar refractivity (Wildman–Crippen MR) is 144 cm³/mol. The number of hydrogen-bond acceptors (Lipinski definition) is 6. The van der Waals surface area contributed by atoms with Crippen molar-refractivity contribution in [1.29, 1.82) is 0 Å². The number of carboxylic acids is 1. The number of likely N-dealkylation sites (N-methyl/N-ethyl adjacent to an activating group) is 1. The van der Waals surface area contributed by atoms with Crippen LogP contribution in [0.5, 0.6) is 11.5 Å². The number of nitrogens with one attached hydrogen (secondary N) is 2. The van der Waals surface area contributed by atoms with Gasteiger partial charge in [0.25, 0.3) is 0 Å². The van der Waals surface area contributed by atoms with Crippen LogP contribution in [0.1, 0.15) is 31.2 Å². The normalized spacial score (nSPS) is 22.3. The summed E-state index contributed by atoms with van der Waals surface area (Å²) in [6, 6.07) is 11.7. The first-order valence-corrected chi connectivity index (χ1v) is 13.6. The highest BCUT2D eigenvalue weighted by Gasteiger charge is 2.50. The lowest BCUT2D eigenvalue weighted by molar-refractivity contribution is -0.192. The zero-order chi connectivity index (χ0) is 31.3. The van der Waals surface area contributed by atoms with Crippen LogP contribution in [-0.2, 0) is 10.2 Å². The number of ether oxygens (including phenoxy) is 2. The van der Waals surface area contributed by atoms with Gasteiger partial charge in [0.15, 0.2) is 11.5 Å². The van der Waals surface area contributed by atoms with Crippen LogP contribution < -0.4 is 20.1 Å². The van der Waals surface area contributed by atoms with Crippen molar-refractivity contribution in [2.24, 2.45) is 0 Å². The average molecular weight is 624 g/mol. The maximum atomic E-state index is 12.6. The molecule has 2 aliphatic rings. The molecule has 8 nitrogen and oxygen atoms in total. The monoisotopic (exact) mass is 623 g/mol. The van der Waals surface area contributed by atoms with Crippen molar-refractivity contribution in [3.05, 3.63) is 48.0 Å². The first-order chi connectivity index (χ1) is 19.6. The van der Waals surface area contributed by atoms with Crippen molar-refractivity contribution < 1.29 is 50.5 Å². The van der Waals surface area contributed by atoms with Gasteiger partial charge in [0.2, 0.25) is 0 Å². The van der Waals surface area contributed by atoms with E-state index in [1.807, 2.05) is 6.07 Å². The Morgan fingerprint density at radius 3 is 2.17 bits per heavy atom. The van der Waals surface area contributed by atoms with E-state index in [1.165, 1.54) is 29.8 Å². The summed E-state index contributed by atoms with van der Waals surface area (Å²) in [5, 5.41) is 12.9. The van der Waals surface area contributed by atoms with Gasteiger partial charge >= 0.3 is 23.7 Å². The standard InChI is InChI=1S/C25H30F3N3O3S.C2HF3O2/c1-31-13-12-24(16-4-9-20(33-2)21(14-16)34-3)11-10-18(15-22(24)31)30-23(32)29-17-5-7-19(8-6-17)35-25(26,27)28;3-2(4,5)1(6)7/h4-9,14,18,22H,10-13,15H2,1-3H3,(H2,29,30,32);(H,6,7). The largest absolute Gasteiger partial charge is 0.493 e. The van der Waals surface area contributed by atoms with E-state index in [9.17, 15) is 31.1 Å². The number of fused-ring (bicyclic) bond motifs is 1. The fourth-order valence-corrected chi connectivity index (χ4v) is 6.03. The topological polar surface area (TPSA) is 100 Å². The molecular formula is C27H31F6N3O5S. The number of anilines is 1.